The minimum atomic E-state index is -0.967. The predicted molar refractivity (Wildman–Crippen MR) is 138 cm³/mol. The van der Waals surface area contributed by atoms with E-state index in [2.05, 4.69) is 0 Å². The van der Waals surface area contributed by atoms with Gasteiger partial charge >= 0.3 is 0 Å². The lowest BCUT2D eigenvalue weighted by Gasteiger charge is -2.15. The molecule has 3 aromatic carbocycles. The molecule has 0 atom stereocenters. The van der Waals surface area contributed by atoms with Crippen LogP contribution in [0, 0.1) is 0 Å². The monoisotopic (exact) mass is 526 g/mol. The highest BCUT2D eigenvalue weighted by molar-refractivity contribution is 6.49. The van der Waals surface area contributed by atoms with Crippen molar-refractivity contribution in [2.45, 2.75) is 12.8 Å². The average Bonchev–Trinajstić information content (AvgIpc) is 2.94. The van der Waals surface area contributed by atoms with E-state index in [1.807, 2.05) is 0 Å². The zero-order chi connectivity index (χ0) is 28.0. The number of benzene rings is 3. The molecule has 0 spiro atoms. The summed E-state index contributed by atoms with van der Waals surface area (Å²) < 4.78 is 31.9. The zero-order valence-electron chi connectivity index (χ0n) is 22.0. The summed E-state index contributed by atoms with van der Waals surface area (Å²) >= 11 is 0. The van der Waals surface area contributed by atoms with E-state index in [1.165, 1.54) is 60.9 Å². The Labute approximate surface area is 220 Å². The summed E-state index contributed by atoms with van der Waals surface area (Å²) in [6.45, 7) is 0. The number of aryl methyl sites for hydroxylation is 2. The topological polar surface area (TPSA) is 130 Å². The first kappa shape index (κ1) is 28.0. The van der Waals surface area contributed by atoms with Gasteiger partial charge in [0.1, 0.15) is 11.5 Å². The summed E-state index contributed by atoms with van der Waals surface area (Å²) in [5.41, 5.74) is 0.906. The highest BCUT2D eigenvalue weighted by atomic mass is 16.5. The van der Waals surface area contributed by atoms with Crippen molar-refractivity contribution in [1.29, 1.82) is 0 Å². The van der Waals surface area contributed by atoms with E-state index in [0.717, 1.165) is 11.6 Å². The standard InChI is InChI=1S/C28H30O10/c1-33-21-9-15(10-22(34-2)27(21)37-5)7-8-16-11-18(20(30)14-19(16)29)26(32)25(31)17-12-23(35-3)28(38-6)24(13-17)36-4/h9-14,29-30H,7-8H2,1-6H3. The molecular formula is C28H30O10. The van der Waals surface area contributed by atoms with Crippen LogP contribution in [0.15, 0.2) is 36.4 Å². The van der Waals surface area contributed by atoms with E-state index in [1.54, 1.807) is 12.1 Å². The fourth-order valence-electron chi connectivity index (χ4n) is 4.03. The van der Waals surface area contributed by atoms with Gasteiger partial charge in [0.25, 0.3) is 0 Å². The van der Waals surface area contributed by atoms with Gasteiger partial charge in [0.2, 0.25) is 23.1 Å². The molecule has 0 fully saturated rings. The Bertz CT molecular complexity index is 1300. The molecule has 10 heteroatoms. The average molecular weight is 527 g/mol. The van der Waals surface area contributed by atoms with Crippen molar-refractivity contribution in [1.82, 2.24) is 0 Å². The van der Waals surface area contributed by atoms with Crippen LogP contribution in [0.3, 0.4) is 0 Å². The third kappa shape index (κ3) is 5.54. The number of carbonyl (C=O) groups is 2. The van der Waals surface area contributed by atoms with Crippen LogP contribution in [0.4, 0.5) is 0 Å². The van der Waals surface area contributed by atoms with Gasteiger partial charge in [-0.15, -0.1) is 0 Å². The summed E-state index contributed by atoms with van der Waals surface area (Å²) in [4.78, 5) is 26.2. The van der Waals surface area contributed by atoms with Gasteiger partial charge in [-0.2, -0.15) is 0 Å². The third-order valence-electron chi connectivity index (χ3n) is 5.98. The van der Waals surface area contributed by atoms with Crippen LogP contribution in [0.2, 0.25) is 0 Å². The summed E-state index contributed by atoms with van der Waals surface area (Å²) in [5, 5.41) is 20.8. The molecule has 0 aliphatic rings. The first-order chi connectivity index (χ1) is 18.2. The molecule has 3 aromatic rings. The van der Waals surface area contributed by atoms with Crippen LogP contribution in [-0.2, 0) is 12.8 Å². The van der Waals surface area contributed by atoms with Crippen molar-refractivity contribution >= 4 is 11.6 Å². The molecular weight excluding hydrogens is 496 g/mol. The molecule has 0 amide bonds. The Morgan fingerprint density at radius 1 is 0.579 bits per heavy atom. The molecule has 0 aliphatic heterocycles. The van der Waals surface area contributed by atoms with E-state index in [-0.39, 0.29) is 40.5 Å². The normalized spacial score (nSPS) is 10.5. The highest BCUT2D eigenvalue weighted by Crippen LogP contribution is 2.40. The molecule has 0 radical (unpaired) electrons. The van der Waals surface area contributed by atoms with Gasteiger partial charge < -0.3 is 38.6 Å². The summed E-state index contributed by atoms with van der Waals surface area (Å²) in [7, 11) is 8.72. The largest absolute Gasteiger partial charge is 0.508 e. The second-order valence-electron chi connectivity index (χ2n) is 8.10. The van der Waals surface area contributed by atoms with Crippen molar-refractivity contribution in [3.63, 3.8) is 0 Å². The number of carbonyl (C=O) groups excluding carboxylic acids is 2. The van der Waals surface area contributed by atoms with Crippen molar-refractivity contribution in [2.24, 2.45) is 0 Å². The van der Waals surface area contributed by atoms with Crippen LogP contribution in [0.5, 0.6) is 46.0 Å². The van der Waals surface area contributed by atoms with E-state index < -0.39 is 17.3 Å². The molecule has 0 unspecified atom stereocenters. The molecule has 0 bridgehead atoms. The second-order valence-corrected chi connectivity index (χ2v) is 8.10. The fourth-order valence-corrected chi connectivity index (χ4v) is 4.03. The minimum absolute atomic E-state index is 0.0176. The number of phenols is 2. The summed E-state index contributed by atoms with van der Waals surface area (Å²) in [5.74, 6) is -0.548. The number of Topliss-reactive ketones (excluding diaryl/α,β-unsaturated/α-hetero) is 2. The Morgan fingerprint density at radius 3 is 1.50 bits per heavy atom. The molecule has 0 aromatic heterocycles. The maximum absolute atomic E-state index is 13.1. The van der Waals surface area contributed by atoms with Crippen molar-refractivity contribution < 1.29 is 48.2 Å². The van der Waals surface area contributed by atoms with Crippen molar-refractivity contribution in [3.8, 4) is 46.0 Å². The molecule has 202 valence electrons. The van der Waals surface area contributed by atoms with E-state index in [9.17, 15) is 19.8 Å². The number of hydrogen-bond acceptors (Lipinski definition) is 10. The Hall–Kier alpha value is -4.60. The SMILES string of the molecule is COc1cc(CCc2cc(C(=O)C(=O)c3cc(OC)c(OC)c(OC)c3)c(O)cc2O)cc(OC)c1OC. The summed E-state index contributed by atoms with van der Waals surface area (Å²) in [6, 6.07) is 8.60. The maximum atomic E-state index is 13.1. The Kier molecular flexibility index (Phi) is 8.90. The van der Waals surface area contributed by atoms with Gasteiger partial charge in [-0.1, -0.05) is 0 Å². The molecule has 0 aliphatic carbocycles. The highest BCUT2D eigenvalue weighted by Gasteiger charge is 2.26. The van der Waals surface area contributed by atoms with Crippen LogP contribution < -0.4 is 28.4 Å². The van der Waals surface area contributed by atoms with E-state index >= 15 is 0 Å². The van der Waals surface area contributed by atoms with E-state index in [4.69, 9.17) is 28.4 Å². The van der Waals surface area contributed by atoms with Gasteiger partial charge in [0, 0.05) is 11.6 Å². The predicted octanol–water partition coefficient (Wildman–Crippen LogP) is 4.00. The second kappa shape index (κ2) is 12.1. The number of aromatic hydroxyl groups is 2. The smallest absolute Gasteiger partial charge is 0.237 e. The molecule has 0 saturated heterocycles. The minimum Gasteiger partial charge on any atom is -0.508 e. The van der Waals surface area contributed by atoms with Gasteiger partial charge in [0.05, 0.1) is 48.2 Å². The quantitative estimate of drug-likeness (QED) is 0.264. The fraction of sp³-hybridized carbons (Fsp3) is 0.286. The van der Waals surface area contributed by atoms with Gasteiger partial charge in [-0.05, 0) is 54.3 Å². The number of hydrogen-bond donors (Lipinski definition) is 2. The number of ketones is 2. The van der Waals surface area contributed by atoms with Crippen LogP contribution in [-0.4, -0.2) is 64.4 Å². The number of ether oxygens (including phenoxy) is 6. The lowest BCUT2D eigenvalue weighted by molar-refractivity contribution is 0.0814. The molecule has 2 N–H and O–H groups in total. The third-order valence-corrected chi connectivity index (χ3v) is 5.98. The van der Waals surface area contributed by atoms with E-state index in [0.29, 0.717) is 29.2 Å². The number of methoxy groups -OCH3 is 6. The van der Waals surface area contributed by atoms with Crippen LogP contribution in [0.25, 0.3) is 0 Å². The Morgan fingerprint density at radius 2 is 1.05 bits per heavy atom. The lowest BCUT2D eigenvalue weighted by Crippen LogP contribution is -2.15. The molecule has 0 heterocycles. The number of phenolic OH excluding ortho intramolecular Hbond substituents is 2. The molecule has 10 nitrogen and oxygen atoms in total. The summed E-state index contributed by atoms with van der Waals surface area (Å²) in [6.07, 6.45) is 0.701. The number of rotatable bonds is 12. The lowest BCUT2D eigenvalue weighted by atomic mass is 9.95. The van der Waals surface area contributed by atoms with Crippen molar-refractivity contribution in [2.75, 3.05) is 42.7 Å². The van der Waals surface area contributed by atoms with Crippen LogP contribution >= 0.6 is 0 Å². The maximum Gasteiger partial charge on any atom is 0.237 e. The van der Waals surface area contributed by atoms with Gasteiger partial charge in [0.15, 0.2) is 23.0 Å². The molecule has 3 rings (SSSR count). The first-order valence-electron chi connectivity index (χ1n) is 11.5. The first-order valence-corrected chi connectivity index (χ1v) is 11.5. The molecule has 38 heavy (non-hydrogen) atoms. The van der Waals surface area contributed by atoms with Crippen molar-refractivity contribution in [3.05, 3.63) is 58.7 Å². The molecule has 0 saturated carbocycles. The Balaban J connectivity index is 1.92. The van der Waals surface area contributed by atoms with Gasteiger partial charge in [-0.3, -0.25) is 9.59 Å². The van der Waals surface area contributed by atoms with Gasteiger partial charge in [-0.25, -0.2) is 0 Å². The van der Waals surface area contributed by atoms with Crippen LogP contribution in [0.1, 0.15) is 31.8 Å². The zero-order valence-corrected chi connectivity index (χ0v) is 22.0.